The van der Waals surface area contributed by atoms with Gasteiger partial charge < -0.3 is 9.47 Å². The Morgan fingerprint density at radius 3 is 3.00 bits per heavy atom. The van der Waals surface area contributed by atoms with Crippen LogP contribution >= 0.6 is 11.8 Å². The van der Waals surface area contributed by atoms with Gasteiger partial charge in [-0.2, -0.15) is 11.8 Å². The van der Waals surface area contributed by atoms with Crippen molar-refractivity contribution >= 4 is 11.8 Å². The lowest BCUT2D eigenvalue weighted by Crippen LogP contribution is -2.27. The van der Waals surface area contributed by atoms with Gasteiger partial charge in [-0.15, -0.1) is 6.58 Å². The van der Waals surface area contributed by atoms with E-state index in [1.807, 2.05) is 31.7 Å². The summed E-state index contributed by atoms with van der Waals surface area (Å²) in [5.74, 6) is 0.707. The molecule has 0 aliphatic carbocycles. The molecular weight excluding hydrogens is 196 g/mol. The number of thioether (sulfide) groups is 1. The summed E-state index contributed by atoms with van der Waals surface area (Å²) in [4.78, 5) is 0. The molecule has 2 rings (SSSR count). The van der Waals surface area contributed by atoms with E-state index in [4.69, 9.17) is 9.47 Å². The van der Waals surface area contributed by atoms with E-state index >= 15 is 0 Å². The summed E-state index contributed by atoms with van der Waals surface area (Å²) >= 11 is 1.98. The monoisotopic (exact) mass is 214 g/mol. The molecule has 14 heavy (non-hydrogen) atoms. The predicted octanol–water partition coefficient (Wildman–Crippen LogP) is 2.59. The first-order valence-corrected chi connectivity index (χ1v) is 6.25. The number of rotatable bonds is 3. The quantitative estimate of drug-likeness (QED) is 0.673. The normalized spacial score (nSPS) is 39.7. The Morgan fingerprint density at radius 1 is 1.50 bits per heavy atom. The van der Waals surface area contributed by atoms with Crippen LogP contribution in [0.4, 0.5) is 0 Å². The van der Waals surface area contributed by atoms with Crippen molar-refractivity contribution in [3.05, 3.63) is 12.7 Å². The standard InChI is InChI=1S/C11H18O2S/c1-4-5-6-9-10-8(7-14-9)12-11(2,3)13-10/h4,8-10H,1,5-7H2,2-3H3/t8-,9-,10-/m0/s1. The van der Waals surface area contributed by atoms with E-state index in [-0.39, 0.29) is 5.79 Å². The second kappa shape index (κ2) is 3.87. The molecule has 0 amide bonds. The number of ether oxygens (including phenoxy) is 2. The molecule has 3 heteroatoms. The molecule has 2 heterocycles. The Morgan fingerprint density at radius 2 is 2.29 bits per heavy atom. The van der Waals surface area contributed by atoms with Crippen LogP contribution in [0.15, 0.2) is 12.7 Å². The number of hydrogen-bond donors (Lipinski definition) is 0. The first-order chi connectivity index (χ1) is 6.62. The molecule has 0 saturated carbocycles. The van der Waals surface area contributed by atoms with Crippen molar-refractivity contribution in [3.8, 4) is 0 Å². The van der Waals surface area contributed by atoms with Crippen LogP contribution in [0.1, 0.15) is 26.7 Å². The fraction of sp³-hybridized carbons (Fsp3) is 0.818. The van der Waals surface area contributed by atoms with Crippen molar-refractivity contribution in [3.63, 3.8) is 0 Å². The van der Waals surface area contributed by atoms with E-state index in [0.29, 0.717) is 17.5 Å². The van der Waals surface area contributed by atoms with Gasteiger partial charge in [0.15, 0.2) is 5.79 Å². The lowest BCUT2D eigenvalue weighted by Gasteiger charge is -2.21. The maximum absolute atomic E-state index is 5.91. The molecule has 3 atom stereocenters. The Bertz CT molecular complexity index is 227. The van der Waals surface area contributed by atoms with Crippen molar-refractivity contribution in [1.29, 1.82) is 0 Å². The van der Waals surface area contributed by atoms with Gasteiger partial charge in [0.25, 0.3) is 0 Å². The molecule has 0 aromatic heterocycles. The smallest absolute Gasteiger partial charge is 0.163 e. The minimum absolute atomic E-state index is 0.301. The summed E-state index contributed by atoms with van der Waals surface area (Å²) in [5, 5.41) is 0.597. The highest BCUT2D eigenvalue weighted by Crippen LogP contribution is 2.42. The van der Waals surface area contributed by atoms with Gasteiger partial charge in [0, 0.05) is 11.0 Å². The summed E-state index contributed by atoms with van der Waals surface area (Å²) in [6, 6.07) is 0. The highest BCUT2D eigenvalue weighted by Gasteiger charge is 2.48. The lowest BCUT2D eigenvalue weighted by atomic mass is 10.1. The van der Waals surface area contributed by atoms with Crippen LogP contribution in [0.3, 0.4) is 0 Å². The number of fused-ring (bicyclic) bond motifs is 1. The average molecular weight is 214 g/mol. The van der Waals surface area contributed by atoms with E-state index in [0.717, 1.165) is 18.6 Å². The zero-order valence-electron chi connectivity index (χ0n) is 8.86. The van der Waals surface area contributed by atoms with Crippen LogP contribution < -0.4 is 0 Å². The molecule has 0 bridgehead atoms. The summed E-state index contributed by atoms with van der Waals surface area (Å²) in [7, 11) is 0. The third-order valence-corrected chi connectivity index (χ3v) is 4.17. The Balaban J connectivity index is 1.94. The zero-order chi connectivity index (χ0) is 10.2. The number of hydrogen-bond acceptors (Lipinski definition) is 3. The molecule has 2 aliphatic heterocycles. The van der Waals surface area contributed by atoms with Gasteiger partial charge in [-0.1, -0.05) is 6.08 Å². The number of allylic oxidation sites excluding steroid dienone is 1. The summed E-state index contributed by atoms with van der Waals surface area (Å²) < 4.78 is 11.7. The van der Waals surface area contributed by atoms with E-state index in [1.54, 1.807) is 0 Å². The second-order valence-corrected chi connectivity index (χ2v) is 5.65. The van der Waals surface area contributed by atoms with Crippen LogP contribution in [0.5, 0.6) is 0 Å². The third-order valence-electron chi connectivity index (χ3n) is 2.72. The minimum atomic E-state index is -0.372. The molecule has 0 radical (unpaired) electrons. The van der Waals surface area contributed by atoms with Crippen LogP contribution in [0, 0.1) is 0 Å². The van der Waals surface area contributed by atoms with Gasteiger partial charge in [-0.3, -0.25) is 0 Å². The molecule has 2 fully saturated rings. The Labute approximate surface area is 90.0 Å². The molecular formula is C11H18O2S. The molecule has 2 aliphatic rings. The summed E-state index contributed by atoms with van der Waals surface area (Å²) in [5.41, 5.74) is 0. The largest absolute Gasteiger partial charge is 0.344 e. The van der Waals surface area contributed by atoms with Crippen molar-refractivity contribution in [2.24, 2.45) is 0 Å². The molecule has 0 unspecified atom stereocenters. The average Bonchev–Trinajstić information content (AvgIpc) is 2.57. The van der Waals surface area contributed by atoms with Crippen molar-refractivity contribution in [2.75, 3.05) is 5.75 Å². The Kier molecular flexibility index (Phi) is 2.91. The van der Waals surface area contributed by atoms with Crippen LogP contribution in [0.25, 0.3) is 0 Å². The summed E-state index contributed by atoms with van der Waals surface area (Å²) in [6.45, 7) is 7.76. The molecule has 2 nitrogen and oxygen atoms in total. The van der Waals surface area contributed by atoms with Crippen molar-refractivity contribution in [1.82, 2.24) is 0 Å². The predicted molar refractivity (Wildman–Crippen MR) is 59.5 cm³/mol. The topological polar surface area (TPSA) is 18.5 Å². The fourth-order valence-corrected chi connectivity index (χ4v) is 3.57. The highest BCUT2D eigenvalue weighted by molar-refractivity contribution is 8.00. The highest BCUT2D eigenvalue weighted by atomic mass is 32.2. The maximum Gasteiger partial charge on any atom is 0.163 e. The van der Waals surface area contributed by atoms with E-state index < -0.39 is 0 Å². The Hall–Kier alpha value is 0.01000. The van der Waals surface area contributed by atoms with Crippen molar-refractivity contribution < 1.29 is 9.47 Å². The minimum Gasteiger partial charge on any atom is -0.344 e. The molecule has 80 valence electrons. The molecule has 0 spiro atoms. The fourth-order valence-electron chi connectivity index (χ4n) is 2.15. The molecule has 0 aromatic rings. The van der Waals surface area contributed by atoms with Gasteiger partial charge in [0.2, 0.25) is 0 Å². The van der Waals surface area contributed by atoms with Crippen LogP contribution in [0.2, 0.25) is 0 Å². The van der Waals surface area contributed by atoms with Gasteiger partial charge in [0.1, 0.15) is 0 Å². The second-order valence-electron chi connectivity index (χ2n) is 4.38. The van der Waals surface area contributed by atoms with E-state index in [9.17, 15) is 0 Å². The van der Waals surface area contributed by atoms with E-state index in [1.165, 1.54) is 0 Å². The summed E-state index contributed by atoms with van der Waals surface area (Å²) in [6.07, 6.45) is 4.83. The maximum atomic E-state index is 5.91. The van der Waals surface area contributed by atoms with Gasteiger partial charge in [0.05, 0.1) is 12.2 Å². The van der Waals surface area contributed by atoms with Gasteiger partial charge in [-0.25, -0.2) is 0 Å². The van der Waals surface area contributed by atoms with Crippen molar-refractivity contribution in [2.45, 2.75) is 49.9 Å². The lowest BCUT2D eigenvalue weighted by molar-refractivity contribution is -0.145. The van der Waals surface area contributed by atoms with E-state index in [2.05, 4.69) is 6.58 Å². The first kappa shape index (κ1) is 10.5. The molecule has 0 aromatic carbocycles. The molecule has 2 saturated heterocycles. The van der Waals surface area contributed by atoms with Gasteiger partial charge >= 0.3 is 0 Å². The van der Waals surface area contributed by atoms with Gasteiger partial charge in [-0.05, 0) is 26.7 Å². The SMILES string of the molecule is C=CCC[C@@H]1SC[C@@H]2OC(C)(C)O[C@@H]21. The van der Waals surface area contributed by atoms with Crippen LogP contribution in [-0.4, -0.2) is 29.0 Å². The van der Waals surface area contributed by atoms with Crippen LogP contribution in [-0.2, 0) is 9.47 Å². The first-order valence-electron chi connectivity index (χ1n) is 5.20. The zero-order valence-corrected chi connectivity index (χ0v) is 9.68. The molecule has 0 N–H and O–H groups in total. The third kappa shape index (κ3) is 2.00.